The molecule has 138 valence electrons. The van der Waals surface area contributed by atoms with Crippen LogP contribution in [-0.4, -0.2) is 0 Å². The Morgan fingerprint density at radius 2 is 0.964 bits per heavy atom. The lowest BCUT2D eigenvalue weighted by Gasteiger charge is -1.99. The van der Waals surface area contributed by atoms with Gasteiger partial charge in [0.15, 0.2) is 0 Å². The number of aryl methyl sites for hydroxylation is 2. The summed E-state index contributed by atoms with van der Waals surface area (Å²) in [4.78, 5) is 0. The summed E-state index contributed by atoms with van der Waals surface area (Å²) in [5, 5.41) is 0. The molecular formula is C26H20F2. The van der Waals surface area contributed by atoms with E-state index in [2.05, 4.69) is 23.7 Å². The van der Waals surface area contributed by atoms with Crippen LogP contribution in [0.3, 0.4) is 0 Å². The van der Waals surface area contributed by atoms with E-state index in [1.807, 2.05) is 50.2 Å². The van der Waals surface area contributed by atoms with E-state index in [1.165, 1.54) is 12.1 Å². The SMILES string of the molecule is CCc1ccc(C#Cc2ccc(C#Cc3ccc(CC)cc3F)cc2)c(F)c1. The Hall–Kier alpha value is -3.36. The van der Waals surface area contributed by atoms with Gasteiger partial charge in [-0.05, 0) is 72.5 Å². The molecule has 0 spiro atoms. The fourth-order valence-corrected chi connectivity index (χ4v) is 2.68. The predicted molar refractivity (Wildman–Crippen MR) is 110 cm³/mol. The molecule has 0 N–H and O–H groups in total. The minimum absolute atomic E-state index is 0.301. The zero-order valence-electron chi connectivity index (χ0n) is 15.9. The zero-order chi connectivity index (χ0) is 19.9. The monoisotopic (exact) mass is 370 g/mol. The van der Waals surface area contributed by atoms with Crippen molar-refractivity contribution in [2.75, 3.05) is 0 Å². The predicted octanol–water partition coefficient (Wildman–Crippen LogP) is 5.89. The third-order valence-corrected chi connectivity index (χ3v) is 4.45. The van der Waals surface area contributed by atoms with Gasteiger partial charge in [0.25, 0.3) is 0 Å². The Labute approximate surface area is 165 Å². The Kier molecular flexibility index (Phi) is 6.25. The second-order valence-corrected chi connectivity index (χ2v) is 6.41. The Morgan fingerprint density at radius 3 is 1.29 bits per heavy atom. The van der Waals surface area contributed by atoms with E-state index < -0.39 is 0 Å². The smallest absolute Gasteiger partial charge is 0.139 e. The molecule has 0 aromatic heterocycles. The summed E-state index contributed by atoms with van der Waals surface area (Å²) in [7, 11) is 0. The molecule has 0 fully saturated rings. The number of hydrogen-bond donors (Lipinski definition) is 0. The van der Waals surface area contributed by atoms with Crippen LogP contribution in [-0.2, 0) is 12.8 Å². The van der Waals surface area contributed by atoms with Gasteiger partial charge >= 0.3 is 0 Å². The van der Waals surface area contributed by atoms with Crippen molar-refractivity contribution in [2.45, 2.75) is 26.7 Å². The molecule has 0 aliphatic carbocycles. The summed E-state index contributed by atoms with van der Waals surface area (Å²) in [6.45, 7) is 3.97. The molecule has 28 heavy (non-hydrogen) atoms. The maximum absolute atomic E-state index is 14.0. The quantitative estimate of drug-likeness (QED) is 0.494. The molecule has 3 aromatic carbocycles. The average Bonchev–Trinajstić information content (AvgIpc) is 2.72. The molecule has 0 radical (unpaired) electrons. The number of halogens is 2. The van der Waals surface area contributed by atoms with Crippen molar-refractivity contribution in [1.82, 2.24) is 0 Å². The Bertz CT molecular complexity index is 1010. The highest BCUT2D eigenvalue weighted by Crippen LogP contribution is 2.12. The van der Waals surface area contributed by atoms with Crippen LogP contribution in [0, 0.1) is 35.3 Å². The lowest BCUT2D eigenvalue weighted by molar-refractivity contribution is 0.622. The van der Waals surface area contributed by atoms with Crippen molar-refractivity contribution in [2.24, 2.45) is 0 Å². The largest absolute Gasteiger partial charge is 0.206 e. The maximum Gasteiger partial charge on any atom is 0.139 e. The van der Waals surface area contributed by atoms with Gasteiger partial charge in [-0.2, -0.15) is 0 Å². The van der Waals surface area contributed by atoms with Crippen LogP contribution in [0.2, 0.25) is 0 Å². The molecule has 0 heterocycles. The highest BCUT2D eigenvalue weighted by atomic mass is 19.1. The van der Waals surface area contributed by atoms with Crippen molar-refractivity contribution in [3.05, 3.63) is 106 Å². The Balaban J connectivity index is 1.75. The van der Waals surface area contributed by atoms with E-state index in [9.17, 15) is 8.78 Å². The van der Waals surface area contributed by atoms with Crippen LogP contribution in [0.1, 0.15) is 47.2 Å². The first-order chi connectivity index (χ1) is 13.6. The molecule has 3 aromatic rings. The number of benzene rings is 3. The first-order valence-electron chi connectivity index (χ1n) is 9.30. The van der Waals surface area contributed by atoms with Crippen molar-refractivity contribution in [3.8, 4) is 23.7 Å². The van der Waals surface area contributed by atoms with Crippen molar-refractivity contribution < 1.29 is 8.78 Å². The maximum atomic E-state index is 14.0. The van der Waals surface area contributed by atoms with E-state index >= 15 is 0 Å². The summed E-state index contributed by atoms with van der Waals surface area (Å²) in [5.41, 5.74) is 4.20. The molecule has 0 bridgehead atoms. The minimum atomic E-state index is -0.301. The minimum Gasteiger partial charge on any atom is -0.206 e. The highest BCUT2D eigenvalue weighted by Gasteiger charge is 2.01. The van der Waals surface area contributed by atoms with Crippen LogP contribution in [0.4, 0.5) is 8.78 Å². The van der Waals surface area contributed by atoms with Gasteiger partial charge in [0.05, 0.1) is 11.1 Å². The lowest BCUT2D eigenvalue weighted by atomic mass is 10.1. The molecule has 0 unspecified atom stereocenters. The molecular weight excluding hydrogens is 350 g/mol. The van der Waals surface area contributed by atoms with Crippen LogP contribution >= 0.6 is 0 Å². The van der Waals surface area contributed by atoms with E-state index in [-0.39, 0.29) is 11.6 Å². The van der Waals surface area contributed by atoms with Gasteiger partial charge in [-0.15, -0.1) is 0 Å². The van der Waals surface area contributed by atoms with Crippen molar-refractivity contribution in [1.29, 1.82) is 0 Å². The standard InChI is InChI=1S/C26H20F2/c1-3-19-9-13-23(25(27)17-19)15-11-21-5-7-22(8-6-21)12-16-24-14-10-20(4-2)18-26(24)28/h5-10,13-14,17-18H,3-4H2,1-2H3. The van der Waals surface area contributed by atoms with Crippen molar-refractivity contribution in [3.63, 3.8) is 0 Å². The molecule has 0 aliphatic heterocycles. The Morgan fingerprint density at radius 1 is 0.571 bits per heavy atom. The van der Waals surface area contributed by atoms with E-state index in [1.54, 1.807) is 12.1 Å². The molecule has 0 amide bonds. The van der Waals surface area contributed by atoms with Crippen LogP contribution < -0.4 is 0 Å². The van der Waals surface area contributed by atoms with Gasteiger partial charge in [0.2, 0.25) is 0 Å². The molecule has 0 atom stereocenters. The van der Waals surface area contributed by atoms with Gasteiger partial charge in [-0.25, -0.2) is 8.78 Å². The van der Waals surface area contributed by atoms with Gasteiger partial charge in [-0.3, -0.25) is 0 Å². The fourth-order valence-electron chi connectivity index (χ4n) is 2.68. The second-order valence-electron chi connectivity index (χ2n) is 6.41. The lowest BCUT2D eigenvalue weighted by Crippen LogP contribution is -1.88. The van der Waals surface area contributed by atoms with E-state index in [0.29, 0.717) is 11.1 Å². The summed E-state index contributed by atoms with van der Waals surface area (Å²) in [6, 6.07) is 17.5. The third-order valence-electron chi connectivity index (χ3n) is 4.45. The molecule has 0 nitrogen and oxygen atoms in total. The first-order valence-corrected chi connectivity index (χ1v) is 9.30. The van der Waals surface area contributed by atoms with E-state index in [4.69, 9.17) is 0 Å². The molecule has 0 aliphatic rings. The fraction of sp³-hybridized carbons (Fsp3) is 0.154. The molecule has 2 heteroatoms. The summed E-state index contributed by atoms with van der Waals surface area (Å²) >= 11 is 0. The normalized spacial score (nSPS) is 9.86. The molecule has 3 rings (SSSR count). The van der Waals surface area contributed by atoms with E-state index in [0.717, 1.165) is 35.1 Å². The zero-order valence-corrected chi connectivity index (χ0v) is 15.9. The van der Waals surface area contributed by atoms with Crippen LogP contribution in [0.15, 0.2) is 60.7 Å². The molecule has 0 saturated heterocycles. The third kappa shape index (κ3) is 4.87. The molecule has 0 saturated carbocycles. The number of hydrogen-bond acceptors (Lipinski definition) is 0. The summed E-state index contributed by atoms with van der Waals surface area (Å²) in [5.74, 6) is 11.1. The van der Waals surface area contributed by atoms with Gasteiger partial charge in [0.1, 0.15) is 11.6 Å². The van der Waals surface area contributed by atoms with Gasteiger partial charge in [-0.1, -0.05) is 49.7 Å². The summed E-state index contributed by atoms with van der Waals surface area (Å²) in [6.07, 6.45) is 1.58. The summed E-state index contributed by atoms with van der Waals surface area (Å²) < 4.78 is 28.0. The van der Waals surface area contributed by atoms with Crippen LogP contribution in [0.5, 0.6) is 0 Å². The first kappa shape index (κ1) is 19.4. The topological polar surface area (TPSA) is 0 Å². The van der Waals surface area contributed by atoms with Gasteiger partial charge < -0.3 is 0 Å². The highest BCUT2D eigenvalue weighted by molar-refractivity contribution is 5.48. The average molecular weight is 370 g/mol. The number of rotatable bonds is 2. The second kappa shape index (κ2) is 9.03. The van der Waals surface area contributed by atoms with Crippen LogP contribution in [0.25, 0.3) is 0 Å². The van der Waals surface area contributed by atoms with Gasteiger partial charge in [0, 0.05) is 11.1 Å². The van der Waals surface area contributed by atoms with Crippen molar-refractivity contribution >= 4 is 0 Å².